The maximum atomic E-state index is 12.6. The number of hydrogen-bond donors (Lipinski definition) is 7. The summed E-state index contributed by atoms with van der Waals surface area (Å²) in [5.74, 6) is -4.94. The summed E-state index contributed by atoms with van der Waals surface area (Å²) in [5, 5.41) is 37.7. The van der Waals surface area contributed by atoms with Gasteiger partial charge in [0.15, 0.2) is 0 Å². The monoisotopic (exact) mass is 1180 g/mol. The SMILES string of the molecule is CC(C)(C)OC(=O)N[C@@H](C[C@H](CCCC(=O)Nc1ccc(N=Nc2ccc(NC(=O)CNC(=O)CCOCCOCCOCCOCCOCCOCCOCCOCCOCCOCCOCCOCCN)cc2)cc1)C(=O)O)C(=O)O. The van der Waals surface area contributed by atoms with Gasteiger partial charge >= 0.3 is 18.0 Å². The molecule has 2 rings (SSSR count). The van der Waals surface area contributed by atoms with Crippen molar-refractivity contribution in [3.05, 3.63) is 48.5 Å². The second-order valence-corrected chi connectivity index (χ2v) is 18.8. The number of carboxylic acid groups (broad SMARTS) is 2. The van der Waals surface area contributed by atoms with Crippen LogP contribution in [0.15, 0.2) is 58.8 Å². The topological polar surface area (TPSA) is 362 Å². The average molecular weight is 1180 g/mol. The van der Waals surface area contributed by atoms with Crippen molar-refractivity contribution >= 4 is 58.5 Å². The average Bonchev–Trinajstić information content (AvgIpc) is 3.47. The minimum absolute atomic E-state index is 0.00117. The maximum Gasteiger partial charge on any atom is 0.408 e. The van der Waals surface area contributed by atoms with Gasteiger partial charge in [-0.25, -0.2) is 9.59 Å². The number of rotatable bonds is 53. The van der Waals surface area contributed by atoms with Gasteiger partial charge in [-0.3, -0.25) is 19.2 Å². The number of alkyl carbamates (subject to hydrolysis) is 1. The lowest BCUT2D eigenvalue weighted by Gasteiger charge is -2.23. The van der Waals surface area contributed by atoms with E-state index < -0.39 is 41.5 Å². The van der Waals surface area contributed by atoms with E-state index in [-0.39, 0.29) is 57.1 Å². The molecule has 2 atom stereocenters. The Labute approximate surface area is 485 Å². The maximum absolute atomic E-state index is 12.6. The Morgan fingerprint density at radius 1 is 0.470 bits per heavy atom. The Hall–Kier alpha value is -5.86. The summed E-state index contributed by atoms with van der Waals surface area (Å²) in [6.45, 7) is 15.7. The number of anilines is 2. The first-order valence-corrected chi connectivity index (χ1v) is 27.7. The van der Waals surface area contributed by atoms with Crippen molar-refractivity contribution in [1.82, 2.24) is 10.6 Å². The van der Waals surface area contributed by atoms with Gasteiger partial charge in [-0.2, -0.15) is 10.2 Å². The molecule has 4 amide bonds. The highest BCUT2D eigenvalue weighted by Crippen LogP contribution is 2.23. The predicted molar refractivity (Wildman–Crippen MR) is 301 cm³/mol. The smallest absolute Gasteiger partial charge is 0.408 e. The summed E-state index contributed by atoms with van der Waals surface area (Å²) < 4.78 is 70.4. The number of hydrogen-bond acceptors (Lipinski definition) is 22. The third kappa shape index (κ3) is 43.5. The number of nitrogens with two attached hydrogens (primary N) is 1. The van der Waals surface area contributed by atoms with E-state index in [1.807, 2.05) is 0 Å². The summed E-state index contributed by atoms with van der Waals surface area (Å²) in [6, 6.07) is 11.6. The van der Waals surface area contributed by atoms with E-state index in [0.29, 0.717) is 181 Å². The Bertz CT molecular complexity index is 2070. The van der Waals surface area contributed by atoms with Gasteiger partial charge in [0.1, 0.15) is 11.6 Å². The molecule has 0 spiro atoms. The fourth-order valence-corrected chi connectivity index (χ4v) is 6.61. The minimum atomic E-state index is -1.49. The summed E-state index contributed by atoms with van der Waals surface area (Å²) in [4.78, 5) is 72.8. The van der Waals surface area contributed by atoms with Crippen LogP contribution in [0, 0.1) is 5.92 Å². The summed E-state index contributed by atoms with van der Waals surface area (Å²) in [7, 11) is 0. The van der Waals surface area contributed by atoms with Crippen LogP contribution in [0.2, 0.25) is 0 Å². The molecule has 28 nitrogen and oxygen atoms in total. The molecule has 0 aliphatic carbocycles. The molecule has 28 heteroatoms. The molecule has 0 unspecified atom stereocenters. The molecule has 2 aromatic rings. The molecule has 0 bridgehead atoms. The summed E-state index contributed by atoms with van der Waals surface area (Å²) in [5.41, 5.74) is 6.40. The molecule has 83 heavy (non-hydrogen) atoms. The Balaban J connectivity index is 1.38. The number of nitrogens with one attached hydrogen (secondary N) is 4. The number of nitrogens with zero attached hydrogens (tertiary/aromatic N) is 2. The summed E-state index contributed by atoms with van der Waals surface area (Å²) in [6.07, 6.45) is -1.18. The zero-order chi connectivity index (χ0) is 60.4. The lowest BCUT2D eigenvalue weighted by Crippen LogP contribution is -2.45. The second kappa shape index (κ2) is 48.5. The van der Waals surface area contributed by atoms with Crippen LogP contribution in [0.1, 0.15) is 52.9 Å². The lowest BCUT2D eigenvalue weighted by atomic mass is 9.94. The van der Waals surface area contributed by atoms with Crippen molar-refractivity contribution in [2.45, 2.75) is 64.5 Å². The van der Waals surface area contributed by atoms with Crippen molar-refractivity contribution < 1.29 is 101 Å². The number of benzene rings is 2. The molecule has 0 aliphatic heterocycles. The lowest BCUT2D eigenvalue weighted by molar-refractivity contribution is -0.144. The number of carbonyl (C=O) groups is 6. The third-order valence-corrected chi connectivity index (χ3v) is 10.7. The third-order valence-electron chi connectivity index (χ3n) is 10.7. The molecular weight excluding hydrogens is 1090 g/mol. The van der Waals surface area contributed by atoms with E-state index >= 15 is 0 Å². The van der Waals surface area contributed by atoms with Crippen LogP contribution in [0.25, 0.3) is 0 Å². The number of ether oxygens (including phenoxy) is 13. The quantitative estimate of drug-likeness (QED) is 0.0365. The van der Waals surface area contributed by atoms with Crippen LogP contribution in [0.5, 0.6) is 0 Å². The van der Waals surface area contributed by atoms with Crippen LogP contribution in [0.4, 0.5) is 27.5 Å². The van der Waals surface area contributed by atoms with Crippen LogP contribution < -0.4 is 27.0 Å². The van der Waals surface area contributed by atoms with Gasteiger partial charge in [-0.15, -0.1) is 0 Å². The zero-order valence-corrected chi connectivity index (χ0v) is 48.3. The number of azo groups is 1. The molecule has 0 heterocycles. The molecule has 0 fully saturated rings. The van der Waals surface area contributed by atoms with Gasteiger partial charge in [-0.05, 0) is 88.6 Å². The van der Waals surface area contributed by atoms with Gasteiger partial charge in [-0.1, -0.05) is 0 Å². The Morgan fingerprint density at radius 2 is 0.819 bits per heavy atom. The van der Waals surface area contributed by atoms with Crippen LogP contribution in [0.3, 0.4) is 0 Å². The van der Waals surface area contributed by atoms with E-state index in [9.17, 15) is 39.0 Å². The van der Waals surface area contributed by atoms with Crippen molar-refractivity contribution in [2.24, 2.45) is 21.9 Å². The molecule has 0 aliphatic rings. The highest BCUT2D eigenvalue weighted by atomic mass is 16.6. The van der Waals surface area contributed by atoms with Crippen LogP contribution >= 0.6 is 0 Å². The van der Waals surface area contributed by atoms with Gasteiger partial charge in [0.25, 0.3) is 0 Å². The fourth-order valence-electron chi connectivity index (χ4n) is 6.61. The first-order chi connectivity index (χ1) is 40.1. The molecule has 0 saturated heterocycles. The van der Waals surface area contributed by atoms with E-state index in [1.165, 1.54) is 0 Å². The predicted octanol–water partition coefficient (Wildman–Crippen LogP) is 3.88. The molecule has 8 N–H and O–H groups in total. The fraction of sp³-hybridized carbons (Fsp3) is 0.673. The van der Waals surface area contributed by atoms with Crippen molar-refractivity contribution in [3.63, 3.8) is 0 Å². The second-order valence-electron chi connectivity index (χ2n) is 18.8. The highest BCUT2D eigenvalue weighted by Gasteiger charge is 2.30. The first-order valence-electron chi connectivity index (χ1n) is 27.7. The molecule has 0 radical (unpaired) electrons. The van der Waals surface area contributed by atoms with Crippen molar-refractivity contribution in [2.75, 3.05) is 182 Å². The van der Waals surface area contributed by atoms with Gasteiger partial charge in [0.2, 0.25) is 17.7 Å². The normalized spacial score (nSPS) is 12.2. The standard InChI is InChI=1S/C55H89N7O21/c1-55(2,3)83-54(70)60-48(53(68)69)41-43(52(66)67)5-4-6-50(64)58-44-7-11-46(12-8-44)61-62-47-13-9-45(10-14-47)59-51(65)42-57-49(63)15-17-71-19-21-73-23-25-75-27-29-77-31-33-79-35-37-81-39-40-82-38-36-80-34-32-78-30-28-76-26-24-74-22-20-72-18-16-56/h7-14,43,48H,4-6,15-42,56H2,1-3H3,(H,57,63)(H,58,64)(H,59,65)(H,60,70)(H,66,67)(H,68,69)/t43-,48-/m0/s1. The number of carbonyl (C=O) groups excluding carboxylic acids is 4. The molecule has 2 aromatic carbocycles. The minimum Gasteiger partial charge on any atom is -0.481 e. The van der Waals surface area contributed by atoms with E-state index in [1.54, 1.807) is 69.3 Å². The molecule has 470 valence electrons. The number of carboxylic acids is 2. The van der Waals surface area contributed by atoms with E-state index in [2.05, 4.69) is 31.5 Å². The molecule has 0 saturated carbocycles. The highest BCUT2D eigenvalue weighted by molar-refractivity contribution is 5.94. The first kappa shape index (κ1) is 73.2. The zero-order valence-electron chi connectivity index (χ0n) is 48.3. The van der Waals surface area contributed by atoms with Gasteiger partial charge in [0, 0.05) is 30.8 Å². The summed E-state index contributed by atoms with van der Waals surface area (Å²) >= 11 is 0. The number of aliphatic carboxylic acids is 2. The number of amides is 4. The van der Waals surface area contributed by atoms with Crippen molar-refractivity contribution in [1.29, 1.82) is 0 Å². The van der Waals surface area contributed by atoms with Crippen molar-refractivity contribution in [3.8, 4) is 0 Å². The largest absolute Gasteiger partial charge is 0.481 e. The van der Waals surface area contributed by atoms with E-state index in [0.717, 1.165) is 0 Å². The van der Waals surface area contributed by atoms with E-state index in [4.69, 9.17) is 67.3 Å². The molecule has 0 aromatic heterocycles. The Morgan fingerprint density at radius 3 is 1.16 bits per heavy atom. The van der Waals surface area contributed by atoms with Crippen LogP contribution in [-0.2, 0) is 85.6 Å². The molecular formula is C55H89N7O21. The van der Waals surface area contributed by atoms with Gasteiger partial charge in [0.05, 0.1) is 182 Å². The van der Waals surface area contributed by atoms with Crippen LogP contribution in [-0.4, -0.2) is 229 Å². The van der Waals surface area contributed by atoms with Gasteiger partial charge < -0.3 is 98.8 Å². The Kier molecular flexibility index (Phi) is 42.8.